The second-order valence-corrected chi connectivity index (χ2v) is 9.03. The molecule has 2 N–H and O–H groups in total. The quantitative estimate of drug-likeness (QED) is 0.417. The number of carbonyl (C=O) groups is 1. The molecule has 0 saturated carbocycles. The van der Waals surface area contributed by atoms with E-state index in [-0.39, 0.29) is 23.1 Å². The van der Waals surface area contributed by atoms with Gasteiger partial charge in [0.2, 0.25) is 5.91 Å². The van der Waals surface area contributed by atoms with E-state index >= 15 is 0 Å². The van der Waals surface area contributed by atoms with Crippen molar-refractivity contribution in [3.8, 4) is 0 Å². The Morgan fingerprint density at radius 1 is 1.32 bits per heavy atom. The third-order valence-corrected chi connectivity index (χ3v) is 5.75. The van der Waals surface area contributed by atoms with Gasteiger partial charge in [-0.05, 0) is 59.5 Å². The SMILES string of the molecule is Cc1ccc(NC(=O)CSc2nc3cc(C)[nH]c3c(=O)n2CC(C)C)c(Br)c1. The number of nitrogens with zero attached hydrogens (tertiary/aromatic N) is 2. The zero-order valence-electron chi connectivity index (χ0n) is 16.3. The summed E-state index contributed by atoms with van der Waals surface area (Å²) in [5.74, 6) is 0.301. The number of halogens is 1. The lowest BCUT2D eigenvalue weighted by Crippen LogP contribution is -2.26. The minimum absolute atomic E-state index is 0.101. The molecule has 0 saturated heterocycles. The average molecular weight is 463 g/mol. The molecule has 0 radical (unpaired) electrons. The molecule has 0 bridgehead atoms. The molecule has 0 aliphatic carbocycles. The number of aromatic nitrogens is 3. The number of fused-ring (bicyclic) bond motifs is 1. The number of amides is 1. The standard InChI is InChI=1S/C20H23BrN4O2S/c1-11(2)9-25-19(27)18-16(8-13(4)22-18)24-20(25)28-10-17(26)23-15-6-5-12(3)7-14(15)21/h5-8,11,22H,9-10H2,1-4H3,(H,23,26). The number of benzene rings is 1. The van der Waals surface area contributed by atoms with Crippen LogP contribution in [0.15, 0.2) is 38.7 Å². The predicted octanol–water partition coefficient (Wildman–Crippen LogP) is 4.49. The van der Waals surface area contributed by atoms with Crippen LogP contribution in [0.25, 0.3) is 11.0 Å². The normalized spacial score (nSPS) is 11.4. The van der Waals surface area contributed by atoms with Crippen molar-refractivity contribution in [2.75, 3.05) is 11.1 Å². The minimum Gasteiger partial charge on any atom is -0.353 e. The summed E-state index contributed by atoms with van der Waals surface area (Å²) < 4.78 is 2.49. The highest BCUT2D eigenvalue weighted by molar-refractivity contribution is 9.10. The molecule has 3 aromatic rings. The molecule has 0 atom stereocenters. The van der Waals surface area contributed by atoms with Crippen molar-refractivity contribution in [1.29, 1.82) is 0 Å². The Labute approximate surface area is 176 Å². The van der Waals surface area contributed by atoms with Gasteiger partial charge in [0, 0.05) is 16.7 Å². The Morgan fingerprint density at radius 2 is 2.07 bits per heavy atom. The Hall–Kier alpha value is -2.06. The first-order valence-corrected chi connectivity index (χ1v) is 10.8. The molecule has 8 heteroatoms. The number of anilines is 1. The van der Waals surface area contributed by atoms with Crippen molar-refractivity contribution in [2.45, 2.75) is 39.4 Å². The average Bonchev–Trinajstić information content (AvgIpc) is 2.99. The number of hydrogen-bond acceptors (Lipinski definition) is 4. The summed E-state index contributed by atoms with van der Waals surface area (Å²) in [4.78, 5) is 33.0. The lowest BCUT2D eigenvalue weighted by molar-refractivity contribution is -0.113. The molecule has 0 fully saturated rings. The van der Waals surface area contributed by atoms with E-state index in [1.165, 1.54) is 11.8 Å². The van der Waals surface area contributed by atoms with Crippen molar-refractivity contribution in [2.24, 2.45) is 5.92 Å². The van der Waals surface area contributed by atoms with Gasteiger partial charge in [0.1, 0.15) is 5.52 Å². The van der Waals surface area contributed by atoms with Gasteiger partial charge in [-0.2, -0.15) is 0 Å². The van der Waals surface area contributed by atoms with Crippen molar-refractivity contribution < 1.29 is 4.79 Å². The Bertz CT molecular complexity index is 1090. The van der Waals surface area contributed by atoms with Gasteiger partial charge in [0.05, 0.1) is 17.0 Å². The van der Waals surface area contributed by atoms with Gasteiger partial charge in [0.25, 0.3) is 5.56 Å². The van der Waals surface area contributed by atoms with Gasteiger partial charge in [0.15, 0.2) is 5.16 Å². The van der Waals surface area contributed by atoms with Crippen molar-refractivity contribution in [3.63, 3.8) is 0 Å². The van der Waals surface area contributed by atoms with E-state index in [1.807, 2.05) is 52.0 Å². The van der Waals surface area contributed by atoms with Crippen LogP contribution in [-0.2, 0) is 11.3 Å². The largest absolute Gasteiger partial charge is 0.353 e. The fourth-order valence-corrected chi connectivity index (χ4v) is 4.29. The molecule has 1 aromatic carbocycles. The molecule has 28 heavy (non-hydrogen) atoms. The van der Waals surface area contributed by atoms with E-state index in [1.54, 1.807) is 4.57 Å². The van der Waals surface area contributed by atoms with E-state index in [0.717, 1.165) is 21.4 Å². The van der Waals surface area contributed by atoms with E-state index in [9.17, 15) is 9.59 Å². The molecular formula is C20H23BrN4O2S. The summed E-state index contributed by atoms with van der Waals surface area (Å²) in [6.07, 6.45) is 0. The minimum atomic E-state index is -0.148. The maximum Gasteiger partial charge on any atom is 0.278 e. The second-order valence-electron chi connectivity index (χ2n) is 7.24. The highest BCUT2D eigenvalue weighted by atomic mass is 79.9. The molecule has 1 amide bonds. The summed E-state index contributed by atoms with van der Waals surface area (Å²) >= 11 is 4.74. The molecule has 0 aliphatic heterocycles. The number of hydrogen-bond donors (Lipinski definition) is 2. The Kier molecular flexibility index (Phi) is 6.30. The molecule has 6 nitrogen and oxygen atoms in total. The lowest BCUT2D eigenvalue weighted by Gasteiger charge is -2.14. The third kappa shape index (κ3) is 4.67. The third-order valence-electron chi connectivity index (χ3n) is 4.12. The molecular weight excluding hydrogens is 440 g/mol. The number of aryl methyl sites for hydroxylation is 2. The monoisotopic (exact) mass is 462 g/mol. The highest BCUT2D eigenvalue weighted by Gasteiger charge is 2.16. The van der Waals surface area contributed by atoms with Gasteiger partial charge in [-0.15, -0.1) is 0 Å². The number of thioether (sulfide) groups is 1. The maximum atomic E-state index is 12.9. The molecule has 0 spiro atoms. The van der Waals surface area contributed by atoms with Crippen LogP contribution >= 0.6 is 27.7 Å². The van der Waals surface area contributed by atoms with E-state index in [4.69, 9.17) is 0 Å². The fraction of sp³-hybridized carbons (Fsp3) is 0.350. The molecule has 0 unspecified atom stereocenters. The van der Waals surface area contributed by atoms with Gasteiger partial charge in [-0.3, -0.25) is 14.2 Å². The fourth-order valence-electron chi connectivity index (χ4n) is 2.89. The zero-order chi connectivity index (χ0) is 20.4. The first-order chi connectivity index (χ1) is 13.2. The number of carbonyl (C=O) groups excluding carboxylic acids is 1. The van der Waals surface area contributed by atoms with Crippen LogP contribution in [0.3, 0.4) is 0 Å². The molecule has 2 aromatic heterocycles. The van der Waals surface area contributed by atoms with Crippen molar-refractivity contribution in [1.82, 2.24) is 14.5 Å². The summed E-state index contributed by atoms with van der Waals surface area (Å²) in [5, 5.41) is 3.45. The van der Waals surface area contributed by atoms with Crippen LogP contribution in [-0.4, -0.2) is 26.2 Å². The first kappa shape index (κ1) is 20.7. The van der Waals surface area contributed by atoms with Gasteiger partial charge in [-0.1, -0.05) is 31.7 Å². The second kappa shape index (κ2) is 8.53. The Morgan fingerprint density at radius 3 is 2.75 bits per heavy atom. The predicted molar refractivity (Wildman–Crippen MR) is 118 cm³/mol. The van der Waals surface area contributed by atoms with Crippen LogP contribution in [0.5, 0.6) is 0 Å². The molecule has 148 valence electrons. The summed E-state index contributed by atoms with van der Waals surface area (Å²) in [6, 6.07) is 7.61. The van der Waals surface area contributed by atoms with Crippen LogP contribution in [0.2, 0.25) is 0 Å². The smallest absolute Gasteiger partial charge is 0.278 e. The Balaban J connectivity index is 1.82. The van der Waals surface area contributed by atoms with Crippen LogP contribution < -0.4 is 10.9 Å². The van der Waals surface area contributed by atoms with Crippen molar-refractivity contribution in [3.05, 3.63) is 50.3 Å². The van der Waals surface area contributed by atoms with Crippen LogP contribution in [0, 0.1) is 19.8 Å². The number of H-pyrrole nitrogens is 1. The lowest BCUT2D eigenvalue weighted by atomic mass is 10.2. The first-order valence-electron chi connectivity index (χ1n) is 9.03. The van der Waals surface area contributed by atoms with Crippen LogP contribution in [0.4, 0.5) is 5.69 Å². The molecule has 0 aliphatic rings. The summed E-state index contributed by atoms with van der Waals surface area (Å²) in [5.41, 5.74) is 3.76. The number of rotatable bonds is 6. The van der Waals surface area contributed by atoms with Gasteiger partial charge < -0.3 is 10.3 Å². The topological polar surface area (TPSA) is 79.8 Å². The van der Waals surface area contributed by atoms with E-state index in [2.05, 4.69) is 31.2 Å². The molecule has 3 rings (SSSR count). The van der Waals surface area contributed by atoms with E-state index in [0.29, 0.717) is 22.7 Å². The summed E-state index contributed by atoms with van der Waals surface area (Å²) in [6.45, 7) is 8.53. The highest BCUT2D eigenvalue weighted by Crippen LogP contribution is 2.24. The van der Waals surface area contributed by atoms with Crippen LogP contribution in [0.1, 0.15) is 25.1 Å². The van der Waals surface area contributed by atoms with E-state index < -0.39 is 0 Å². The van der Waals surface area contributed by atoms with Crippen molar-refractivity contribution >= 4 is 50.3 Å². The number of aromatic amines is 1. The van der Waals surface area contributed by atoms with Gasteiger partial charge >= 0.3 is 0 Å². The molecule has 2 heterocycles. The van der Waals surface area contributed by atoms with Gasteiger partial charge in [-0.25, -0.2) is 4.98 Å². The number of nitrogens with one attached hydrogen (secondary N) is 2. The zero-order valence-corrected chi connectivity index (χ0v) is 18.7. The summed E-state index contributed by atoms with van der Waals surface area (Å²) in [7, 11) is 0. The maximum absolute atomic E-state index is 12.9.